The summed E-state index contributed by atoms with van der Waals surface area (Å²) in [6.07, 6.45) is -0.719. The minimum absolute atomic E-state index is 0.269. The summed E-state index contributed by atoms with van der Waals surface area (Å²) in [5.74, 6) is 0.951. The van der Waals surface area contributed by atoms with Gasteiger partial charge in [0.2, 0.25) is 6.10 Å². The van der Waals surface area contributed by atoms with Gasteiger partial charge in [0.05, 0.1) is 19.9 Å². The molecule has 2 amide bonds. The number of hydrogen-bond acceptors (Lipinski definition) is 5. The van der Waals surface area contributed by atoms with Gasteiger partial charge in [-0.1, -0.05) is 30.3 Å². The molecule has 4 rings (SSSR count). The monoisotopic (exact) mass is 404 g/mol. The van der Waals surface area contributed by atoms with Crippen LogP contribution >= 0.6 is 0 Å². The number of ether oxygens (including phenoxy) is 3. The number of rotatable bonds is 5. The lowest BCUT2D eigenvalue weighted by molar-refractivity contribution is -0.123. The molecule has 0 saturated heterocycles. The number of carbonyl (C=O) groups excluding carboxylic acids is 2. The zero-order chi connectivity index (χ0) is 21.1. The van der Waals surface area contributed by atoms with Gasteiger partial charge >= 0.3 is 0 Å². The maximum Gasteiger partial charge on any atom is 0.270 e. The highest BCUT2D eigenvalue weighted by atomic mass is 16.5. The molecule has 1 aliphatic heterocycles. The largest absolute Gasteiger partial charge is 0.497 e. The van der Waals surface area contributed by atoms with Gasteiger partial charge in [-0.2, -0.15) is 0 Å². The highest BCUT2D eigenvalue weighted by Gasteiger charge is 2.29. The first-order chi connectivity index (χ1) is 14.6. The van der Waals surface area contributed by atoms with Crippen molar-refractivity contribution in [1.82, 2.24) is 0 Å². The van der Waals surface area contributed by atoms with Crippen LogP contribution in [0.15, 0.2) is 66.7 Å². The smallest absolute Gasteiger partial charge is 0.270 e. The van der Waals surface area contributed by atoms with E-state index in [2.05, 4.69) is 10.6 Å². The van der Waals surface area contributed by atoms with E-state index in [1.54, 1.807) is 36.4 Å². The van der Waals surface area contributed by atoms with E-state index in [1.807, 2.05) is 30.3 Å². The van der Waals surface area contributed by atoms with Gasteiger partial charge in [-0.3, -0.25) is 9.59 Å². The first-order valence-electron chi connectivity index (χ1n) is 9.28. The Morgan fingerprint density at radius 2 is 1.67 bits per heavy atom. The van der Waals surface area contributed by atoms with E-state index in [0.717, 1.165) is 5.56 Å². The molecule has 0 radical (unpaired) electrons. The molecule has 7 heteroatoms. The maximum atomic E-state index is 12.7. The third-order valence-corrected chi connectivity index (χ3v) is 4.69. The maximum absolute atomic E-state index is 12.7. The highest BCUT2D eigenvalue weighted by Crippen LogP contribution is 2.36. The third kappa shape index (κ3) is 3.91. The number of carbonyl (C=O) groups is 2. The second kappa shape index (κ2) is 8.16. The number of amides is 2. The lowest BCUT2D eigenvalue weighted by Gasteiger charge is -2.26. The second-order valence-corrected chi connectivity index (χ2v) is 6.66. The number of nitrogens with one attached hydrogen (secondary N) is 2. The Labute approximate surface area is 173 Å². The fourth-order valence-electron chi connectivity index (χ4n) is 3.18. The minimum atomic E-state index is -0.719. The van der Waals surface area contributed by atoms with Crippen molar-refractivity contribution in [2.45, 2.75) is 6.10 Å². The van der Waals surface area contributed by atoms with Crippen molar-refractivity contribution in [2.75, 3.05) is 24.9 Å². The summed E-state index contributed by atoms with van der Waals surface area (Å²) in [5.41, 5.74) is 2.16. The van der Waals surface area contributed by atoms with Gasteiger partial charge < -0.3 is 24.8 Å². The second-order valence-electron chi connectivity index (χ2n) is 6.66. The topological polar surface area (TPSA) is 85.9 Å². The van der Waals surface area contributed by atoms with Crippen molar-refractivity contribution in [3.05, 3.63) is 77.9 Å². The fourth-order valence-corrected chi connectivity index (χ4v) is 3.18. The lowest BCUT2D eigenvalue weighted by atomic mass is 10.1. The first kappa shape index (κ1) is 19.3. The molecule has 0 aromatic heterocycles. The van der Waals surface area contributed by atoms with Crippen LogP contribution in [0.4, 0.5) is 11.4 Å². The van der Waals surface area contributed by atoms with Crippen LogP contribution in [0.25, 0.3) is 0 Å². The van der Waals surface area contributed by atoms with Crippen molar-refractivity contribution >= 4 is 23.2 Å². The predicted octanol–water partition coefficient (Wildman–Crippen LogP) is 4.03. The van der Waals surface area contributed by atoms with Crippen LogP contribution < -0.4 is 24.8 Å². The van der Waals surface area contributed by atoms with E-state index in [1.165, 1.54) is 14.2 Å². The minimum Gasteiger partial charge on any atom is -0.497 e. The van der Waals surface area contributed by atoms with Crippen LogP contribution in [-0.2, 0) is 4.79 Å². The molecule has 152 valence electrons. The van der Waals surface area contributed by atoms with E-state index >= 15 is 0 Å². The molecule has 3 aromatic rings. The molecule has 1 unspecified atom stereocenters. The summed E-state index contributed by atoms with van der Waals surface area (Å²) < 4.78 is 16.3. The van der Waals surface area contributed by atoms with Gasteiger partial charge in [-0.25, -0.2) is 0 Å². The zero-order valence-electron chi connectivity index (χ0n) is 16.5. The Hall–Kier alpha value is -4.00. The van der Waals surface area contributed by atoms with Crippen LogP contribution in [-0.4, -0.2) is 26.0 Å². The number of methoxy groups -OCH3 is 2. The van der Waals surface area contributed by atoms with Crippen molar-refractivity contribution in [3.63, 3.8) is 0 Å². The van der Waals surface area contributed by atoms with E-state index in [9.17, 15) is 9.59 Å². The summed E-state index contributed by atoms with van der Waals surface area (Å²) in [6.45, 7) is 0. The Morgan fingerprint density at radius 3 is 2.33 bits per heavy atom. The molecule has 0 fully saturated rings. The normalized spacial score (nSPS) is 14.7. The molecule has 7 nitrogen and oxygen atoms in total. The average molecular weight is 404 g/mol. The first-order valence-corrected chi connectivity index (χ1v) is 9.28. The van der Waals surface area contributed by atoms with Crippen molar-refractivity contribution in [2.24, 2.45) is 0 Å². The van der Waals surface area contributed by atoms with Crippen LogP contribution in [0.2, 0.25) is 0 Å². The zero-order valence-corrected chi connectivity index (χ0v) is 16.5. The average Bonchev–Trinajstić information content (AvgIpc) is 2.78. The SMILES string of the molecule is COc1cc(OC)cc(C(=O)Nc2ccc3c(c2)NC(=O)C(c2ccccc2)O3)c1. The van der Waals surface area contributed by atoms with Crippen LogP contribution in [0.1, 0.15) is 22.0 Å². The van der Waals surface area contributed by atoms with Gasteiger partial charge in [0.1, 0.15) is 17.2 Å². The standard InChI is InChI=1S/C23H20N2O5/c1-28-17-10-15(11-18(13-17)29-2)22(26)24-16-8-9-20-19(12-16)25-23(27)21(30-20)14-6-4-3-5-7-14/h3-13,21H,1-2H3,(H,24,26)(H,25,27). The molecule has 0 saturated carbocycles. The molecule has 0 bridgehead atoms. The van der Waals surface area contributed by atoms with E-state index in [4.69, 9.17) is 14.2 Å². The Bertz CT molecular complexity index is 1080. The summed E-state index contributed by atoms with van der Waals surface area (Å²) in [6, 6.07) is 19.3. The van der Waals surface area contributed by atoms with Gasteiger partial charge in [-0.05, 0) is 30.3 Å². The summed E-state index contributed by atoms with van der Waals surface area (Å²) in [5, 5.41) is 5.65. The van der Waals surface area contributed by atoms with E-state index in [0.29, 0.717) is 34.2 Å². The Morgan fingerprint density at radius 1 is 0.967 bits per heavy atom. The number of benzene rings is 3. The molecular weight excluding hydrogens is 384 g/mol. The number of anilines is 2. The molecule has 1 atom stereocenters. The van der Waals surface area contributed by atoms with Crippen LogP contribution in [0.5, 0.6) is 17.2 Å². The molecule has 2 N–H and O–H groups in total. The van der Waals surface area contributed by atoms with Crippen molar-refractivity contribution < 1.29 is 23.8 Å². The summed E-state index contributed by atoms with van der Waals surface area (Å²) >= 11 is 0. The molecular formula is C23H20N2O5. The highest BCUT2D eigenvalue weighted by molar-refractivity contribution is 6.06. The van der Waals surface area contributed by atoms with Gasteiger partial charge in [-0.15, -0.1) is 0 Å². The van der Waals surface area contributed by atoms with Crippen molar-refractivity contribution in [3.8, 4) is 17.2 Å². The molecule has 0 aliphatic carbocycles. The summed E-state index contributed by atoms with van der Waals surface area (Å²) in [7, 11) is 3.04. The van der Waals surface area contributed by atoms with E-state index < -0.39 is 6.10 Å². The number of hydrogen-bond donors (Lipinski definition) is 2. The Balaban J connectivity index is 1.54. The van der Waals surface area contributed by atoms with Crippen molar-refractivity contribution in [1.29, 1.82) is 0 Å². The Kier molecular flexibility index (Phi) is 5.26. The quantitative estimate of drug-likeness (QED) is 0.671. The molecule has 1 heterocycles. The van der Waals surface area contributed by atoms with Crippen LogP contribution in [0.3, 0.4) is 0 Å². The van der Waals surface area contributed by atoms with Gasteiger partial charge in [0, 0.05) is 22.9 Å². The van der Waals surface area contributed by atoms with Crippen LogP contribution in [0, 0.1) is 0 Å². The fraction of sp³-hybridized carbons (Fsp3) is 0.130. The summed E-state index contributed by atoms with van der Waals surface area (Å²) in [4.78, 5) is 25.2. The lowest BCUT2D eigenvalue weighted by Crippen LogP contribution is -2.30. The van der Waals surface area contributed by atoms with E-state index in [-0.39, 0.29) is 11.8 Å². The number of fused-ring (bicyclic) bond motifs is 1. The van der Waals surface area contributed by atoms with Gasteiger partial charge in [0.15, 0.2) is 0 Å². The molecule has 1 aliphatic rings. The van der Waals surface area contributed by atoms with Gasteiger partial charge in [0.25, 0.3) is 11.8 Å². The third-order valence-electron chi connectivity index (χ3n) is 4.69. The molecule has 30 heavy (non-hydrogen) atoms. The molecule has 0 spiro atoms. The predicted molar refractivity (Wildman–Crippen MR) is 112 cm³/mol. The molecule has 3 aromatic carbocycles.